The predicted molar refractivity (Wildman–Crippen MR) is 112 cm³/mol. The second kappa shape index (κ2) is 8.99. The summed E-state index contributed by atoms with van der Waals surface area (Å²) in [6, 6.07) is 14.5. The summed E-state index contributed by atoms with van der Waals surface area (Å²) in [7, 11) is 1.60. The van der Waals surface area contributed by atoms with E-state index in [1.54, 1.807) is 24.6 Å². The van der Waals surface area contributed by atoms with E-state index in [9.17, 15) is 9.59 Å². The lowest BCUT2D eigenvalue weighted by Crippen LogP contribution is -2.30. The molecule has 6 nitrogen and oxygen atoms in total. The first kappa shape index (κ1) is 20.0. The van der Waals surface area contributed by atoms with Crippen LogP contribution < -0.4 is 10.1 Å². The number of esters is 1. The predicted octanol–water partition coefficient (Wildman–Crippen LogP) is 4.77. The third kappa shape index (κ3) is 4.96. The van der Waals surface area contributed by atoms with Crippen molar-refractivity contribution < 1.29 is 19.1 Å². The minimum Gasteiger partial charge on any atom is -0.497 e. The van der Waals surface area contributed by atoms with Gasteiger partial charge < -0.3 is 14.8 Å². The van der Waals surface area contributed by atoms with E-state index in [0.717, 1.165) is 15.8 Å². The van der Waals surface area contributed by atoms with Crippen LogP contribution in [-0.4, -0.2) is 30.1 Å². The van der Waals surface area contributed by atoms with Gasteiger partial charge >= 0.3 is 5.97 Å². The van der Waals surface area contributed by atoms with Gasteiger partial charge in [0.1, 0.15) is 10.8 Å². The van der Waals surface area contributed by atoms with E-state index < -0.39 is 18.0 Å². The number of hydrogen-bond donors (Lipinski definition) is 1. The SMILES string of the molecule is COc1ccc(-c2nc(C(=O)OC(C)C(=O)Nc3ccc(Br)cc3)cs2)cc1. The molecule has 0 aliphatic carbocycles. The van der Waals surface area contributed by atoms with Gasteiger partial charge in [0.2, 0.25) is 0 Å². The average Bonchev–Trinajstić information content (AvgIpc) is 3.20. The summed E-state index contributed by atoms with van der Waals surface area (Å²) in [4.78, 5) is 28.8. The fraction of sp³-hybridized carbons (Fsp3) is 0.150. The normalized spacial score (nSPS) is 11.5. The van der Waals surface area contributed by atoms with Gasteiger partial charge in [-0.05, 0) is 55.5 Å². The van der Waals surface area contributed by atoms with Crippen LogP contribution in [0.2, 0.25) is 0 Å². The molecule has 0 saturated heterocycles. The highest BCUT2D eigenvalue weighted by Gasteiger charge is 2.21. The maximum absolute atomic E-state index is 12.3. The van der Waals surface area contributed by atoms with Crippen LogP contribution in [0.3, 0.4) is 0 Å². The van der Waals surface area contributed by atoms with Crippen LogP contribution in [0.1, 0.15) is 17.4 Å². The molecule has 2 aromatic carbocycles. The molecular formula is C20H17BrN2O4S. The van der Waals surface area contributed by atoms with Gasteiger partial charge in [0, 0.05) is 21.1 Å². The zero-order valence-electron chi connectivity index (χ0n) is 15.1. The largest absolute Gasteiger partial charge is 0.497 e. The fourth-order valence-corrected chi connectivity index (χ4v) is 3.34. The molecule has 3 rings (SSSR count). The summed E-state index contributed by atoms with van der Waals surface area (Å²) in [6.07, 6.45) is -0.956. The number of halogens is 1. The maximum Gasteiger partial charge on any atom is 0.358 e. The van der Waals surface area contributed by atoms with Crippen molar-refractivity contribution in [3.05, 3.63) is 64.1 Å². The molecule has 0 aliphatic rings. The molecular weight excluding hydrogens is 444 g/mol. The van der Waals surface area contributed by atoms with Crippen molar-refractivity contribution in [3.8, 4) is 16.3 Å². The number of carbonyl (C=O) groups excluding carboxylic acids is 2. The highest BCUT2D eigenvalue weighted by Crippen LogP contribution is 2.26. The molecule has 0 fully saturated rings. The van der Waals surface area contributed by atoms with Gasteiger partial charge in [-0.3, -0.25) is 4.79 Å². The van der Waals surface area contributed by atoms with Crippen LogP contribution in [0.4, 0.5) is 5.69 Å². The summed E-state index contributed by atoms with van der Waals surface area (Å²) in [6.45, 7) is 1.52. The molecule has 0 aliphatic heterocycles. The van der Waals surface area contributed by atoms with E-state index in [2.05, 4.69) is 26.2 Å². The summed E-state index contributed by atoms with van der Waals surface area (Å²) < 4.78 is 11.3. The number of nitrogens with zero attached hydrogens (tertiary/aromatic N) is 1. The van der Waals surface area contributed by atoms with Crippen molar-refractivity contribution in [2.75, 3.05) is 12.4 Å². The van der Waals surface area contributed by atoms with E-state index in [1.807, 2.05) is 36.4 Å². The Morgan fingerprint density at radius 2 is 1.79 bits per heavy atom. The number of thiazole rings is 1. The van der Waals surface area contributed by atoms with Gasteiger partial charge in [-0.2, -0.15) is 0 Å². The highest BCUT2D eigenvalue weighted by atomic mass is 79.9. The van der Waals surface area contributed by atoms with Crippen molar-refractivity contribution >= 4 is 44.8 Å². The second-order valence-corrected chi connectivity index (χ2v) is 7.58. The van der Waals surface area contributed by atoms with Crippen LogP contribution in [-0.2, 0) is 9.53 Å². The van der Waals surface area contributed by atoms with Crippen LogP contribution in [0.25, 0.3) is 10.6 Å². The summed E-state index contributed by atoms with van der Waals surface area (Å²) in [5.74, 6) is -0.318. The molecule has 1 N–H and O–H groups in total. The Kier molecular flexibility index (Phi) is 6.43. The van der Waals surface area contributed by atoms with Crippen molar-refractivity contribution in [1.29, 1.82) is 0 Å². The van der Waals surface area contributed by atoms with Crippen molar-refractivity contribution in [1.82, 2.24) is 4.98 Å². The lowest BCUT2D eigenvalue weighted by atomic mass is 10.2. The monoisotopic (exact) mass is 460 g/mol. The Bertz CT molecular complexity index is 971. The summed E-state index contributed by atoms with van der Waals surface area (Å²) >= 11 is 4.66. The highest BCUT2D eigenvalue weighted by molar-refractivity contribution is 9.10. The molecule has 1 aromatic heterocycles. The van der Waals surface area contributed by atoms with Crippen LogP contribution in [0.5, 0.6) is 5.75 Å². The molecule has 0 spiro atoms. The van der Waals surface area contributed by atoms with Crippen molar-refractivity contribution in [2.24, 2.45) is 0 Å². The van der Waals surface area contributed by atoms with Gasteiger partial charge in [-0.1, -0.05) is 15.9 Å². The van der Waals surface area contributed by atoms with Crippen LogP contribution in [0, 0.1) is 0 Å². The Labute approximate surface area is 174 Å². The molecule has 28 heavy (non-hydrogen) atoms. The summed E-state index contributed by atoms with van der Waals surface area (Å²) in [5.41, 5.74) is 1.65. The number of methoxy groups -OCH3 is 1. The van der Waals surface area contributed by atoms with Gasteiger partial charge in [0.25, 0.3) is 5.91 Å². The fourth-order valence-electron chi connectivity index (χ4n) is 2.29. The third-order valence-electron chi connectivity index (χ3n) is 3.82. The van der Waals surface area contributed by atoms with Gasteiger partial charge in [-0.25, -0.2) is 9.78 Å². The van der Waals surface area contributed by atoms with Gasteiger partial charge in [0.15, 0.2) is 11.8 Å². The number of amides is 1. The van der Waals surface area contributed by atoms with Crippen LogP contribution in [0.15, 0.2) is 58.4 Å². The standard InChI is InChI=1S/C20H17BrN2O4S/c1-12(18(24)22-15-7-5-14(21)6-8-15)27-20(25)17-11-28-19(23-17)13-3-9-16(26-2)10-4-13/h3-12H,1-2H3,(H,22,24). The smallest absolute Gasteiger partial charge is 0.358 e. The molecule has 0 radical (unpaired) electrons. The molecule has 0 saturated carbocycles. The Morgan fingerprint density at radius 1 is 1.11 bits per heavy atom. The molecule has 1 unspecified atom stereocenters. The molecule has 3 aromatic rings. The first-order valence-electron chi connectivity index (χ1n) is 8.33. The van der Waals surface area contributed by atoms with Crippen LogP contribution >= 0.6 is 27.3 Å². The molecule has 1 amide bonds. The average molecular weight is 461 g/mol. The van der Waals surface area contributed by atoms with Crippen molar-refractivity contribution in [2.45, 2.75) is 13.0 Å². The number of aromatic nitrogens is 1. The van der Waals surface area contributed by atoms with E-state index in [0.29, 0.717) is 10.7 Å². The summed E-state index contributed by atoms with van der Waals surface area (Å²) in [5, 5.41) is 5.00. The number of benzene rings is 2. The Balaban J connectivity index is 1.61. The second-order valence-electron chi connectivity index (χ2n) is 5.81. The number of nitrogens with one attached hydrogen (secondary N) is 1. The Hall–Kier alpha value is -2.71. The quantitative estimate of drug-likeness (QED) is 0.536. The lowest BCUT2D eigenvalue weighted by Gasteiger charge is -2.12. The zero-order chi connectivity index (χ0) is 20.1. The number of carbonyl (C=O) groups is 2. The van der Waals surface area contributed by atoms with E-state index in [-0.39, 0.29) is 5.69 Å². The first-order valence-corrected chi connectivity index (χ1v) is 10.0. The number of anilines is 1. The third-order valence-corrected chi connectivity index (χ3v) is 5.24. The van der Waals surface area contributed by atoms with E-state index in [4.69, 9.17) is 9.47 Å². The minimum absolute atomic E-state index is 0.166. The van der Waals surface area contributed by atoms with Gasteiger partial charge in [0.05, 0.1) is 7.11 Å². The minimum atomic E-state index is -0.956. The van der Waals surface area contributed by atoms with Crippen molar-refractivity contribution in [3.63, 3.8) is 0 Å². The van der Waals surface area contributed by atoms with E-state index in [1.165, 1.54) is 18.3 Å². The Morgan fingerprint density at radius 3 is 2.43 bits per heavy atom. The molecule has 1 atom stereocenters. The number of ether oxygens (including phenoxy) is 2. The molecule has 8 heteroatoms. The topological polar surface area (TPSA) is 77.5 Å². The number of rotatable bonds is 6. The lowest BCUT2D eigenvalue weighted by molar-refractivity contribution is -0.123. The molecule has 0 bridgehead atoms. The molecule has 1 heterocycles. The first-order chi connectivity index (χ1) is 13.5. The van der Waals surface area contributed by atoms with Gasteiger partial charge in [-0.15, -0.1) is 11.3 Å². The zero-order valence-corrected chi connectivity index (χ0v) is 17.5. The number of hydrogen-bond acceptors (Lipinski definition) is 6. The maximum atomic E-state index is 12.3. The molecule has 144 valence electrons. The van der Waals surface area contributed by atoms with E-state index >= 15 is 0 Å².